The fourth-order valence-corrected chi connectivity index (χ4v) is 0.960. The number of carbonyl (C=O) groups excluding carboxylic acids is 1. The largest absolute Gasteiger partial charge is 0.313 e. The van der Waals surface area contributed by atoms with Gasteiger partial charge in [0.1, 0.15) is 5.82 Å². The molecule has 1 aromatic heterocycles. The molecule has 0 saturated heterocycles. The number of carbonyl (C=O) groups is 1. The minimum Gasteiger partial charge on any atom is -0.313 e. The number of nitrogens with one attached hydrogen (secondary N) is 1. The molecule has 0 fully saturated rings. The average molecular weight is 171 g/mol. The number of amides is 1. The van der Waals surface area contributed by atoms with Crippen molar-refractivity contribution in [1.29, 1.82) is 0 Å². The van der Waals surface area contributed by atoms with Crippen LogP contribution >= 0.6 is 11.6 Å². The highest BCUT2D eigenvalue weighted by Crippen LogP contribution is 2.14. The summed E-state index contributed by atoms with van der Waals surface area (Å²) in [6.07, 6.45) is 2.07. The smallest absolute Gasteiger partial charge is 0.212 e. The van der Waals surface area contributed by atoms with E-state index in [0.29, 0.717) is 17.3 Å². The quantitative estimate of drug-likeness (QED) is 0.686. The van der Waals surface area contributed by atoms with E-state index in [-0.39, 0.29) is 0 Å². The molecule has 0 atom stereocenters. The molecule has 0 aliphatic rings. The van der Waals surface area contributed by atoms with Crippen LogP contribution in [0, 0.1) is 6.92 Å². The molecule has 4 heteroatoms. The van der Waals surface area contributed by atoms with Gasteiger partial charge in [-0.15, -0.1) is 0 Å². The van der Waals surface area contributed by atoms with E-state index in [4.69, 9.17) is 11.6 Å². The summed E-state index contributed by atoms with van der Waals surface area (Å²) in [6, 6.07) is 1.74. The van der Waals surface area contributed by atoms with Gasteiger partial charge in [0.2, 0.25) is 6.41 Å². The molecule has 1 aromatic rings. The monoisotopic (exact) mass is 170 g/mol. The molecule has 1 amide bonds. The SMILES string of the molecule is Cc1cc(Cl)cnc1NC=O. The van der Waals surface area contributed by atoms with Crippen molar-refractivity contribution in [2.75, 3.05) is 5.32 Å². The number of pyridine rings is 1. The van der Waals surface area contributed by atoms with Gasteiger partial charge in [0, 0.05) is 6.20 Å². The van der Waals surface area contributed by atoms with Gasteiger partial charge in [0.25, 0.3) is 0 Å². The van der Waals surface area contributed by atoms with E-state index in [1.54, 1.807) is 6.07 Å². The zero-order chi connectivity index (χ0) is 8.27. The molecule has 1 rings (SSSR count). The van der Waals surface area contributed by atoms with Crippen LogP contribution < -0.4 is 5.32 Å². The Morgan fingerprint density at radius 1 is 1.73 bits per heavy atom. The fraction of sp³-hybridized carbons (Fsp3) is 0.143. The number of nitrogens with zero attached hydrogens (tertiary/aromatic N) is 1. The third kappa shape index (κ3) is 1.91. The van der Waals surface area contributed by atoms with Gasteiger partial charge in [0.15, 0.2) is 0 Å². The van der Waals surface area contributed by atoms with Crippen LogP contribution in [0.1, 0.15) is 5.56 Å². The standard InChI is InChI=1S/C7H7ClN2O/c1-5-2-6(8)3-9-7(5)10-4-11/h2-4H,1H3,(H,9,10,11). The van der Waals surface area contributed by atoms with Crippen molar-refractivity contribution in [3.63, 3.8) is 0 Å². The zero-order valence-electron chi connectivity index (χ0n) is 5.97. The van der Waals surface area contributed by atoms with Crippen molar-refractivity contribution in [3.05, 3.63) is 22.8 Å². The summed E-state index contributed by atoms with van der Waals surface area (Å²) >= 11 is 5.64. The lowest BCUT2D eigenvalue weighted by atomic mass is 10.3. The van der Waals surface area contributed by atoms with Crippen molar-refractivity contribution in [2.45, 2.75) is 6.92 Å². The Morgan fingerprint density at radius 3 is 3.00 bits per heavy atom. The molecule has 0 radical (unpaired) electrons. The maximum atomic E-state index is 10.0. The minimum atomic E-state index is 0.546. The van der Waals surface area contributed by atoms with Crippen LogP contribution in [0.3, 0.4) is 0 Å². The maximum absolute atomic E-state index is 10.0. The second-order valence-electron chi connectivity index (χ2n) is 2.08. The number of rotatable bonds is 2. The lowest BCUT2D eigenvalue weighted by Gasteiger charge is -2.01. The number of aromatic nitrogens is 1. The van der Waals surface area contributed by atoms with E-state index < -0.39 is 0 Å². The van der Waals surface area contributed by atoms with E-state index in [1.807, 2.05) is 6.92 Å². The van der Waals surface area contributed by atoms with Crippen molar-refractivity contribution in [2.24, 2.45) is 0 Å². The molecule has 0 aromatic carbocycles. The van der Waals surface area contributed by atoms with Crippen LogP contribution in [0.4, 0.5) is 5.82 Å². The molecule has 0 aliphatic heterocycles. The molecule has 1 N–H and O–H groups in total. The van der Waals surface area contributed by atoms with Crippen LogP contribution in [0.15, 0.2) is 12.3 Å². The average Bonchev–Trinajstić information content (AvgIpc) is 1.95. The highest BCUT2D eigenvalue weighted by molar-refractivity contribution is 6.30. The molecular formula is C7H7ClN2O. The highest BCUT2D eigenvalue weighted by Gasteiger charge is 1.97. The molecule has 0 aliphatic carbocycles. The van der Waals surface area contributed by atoms with Crippen molar-refractivity contribution >= 4 is 23.8 Å². The van der Waals surface area contributed by atoms with Crippen molar-refractivity contribution in [3.8, 4) is 0 Å². The molecule has 11 heavy (non-hydrogen) atoms. The first kappa shape index (κ1) is 8.01. The Balaban J connectivity index is 2.98. The fourth-order valence-electron chi connectivity index (χ4n) is 0.747. The molecule has 1 heterocycles. The van der Waals surface area contributed by atoms with Crippen LogP contribution in [-0.4, -0.2) is 11.4 Å². The molecule has 0 bridgehead atoms. The summed E-state index contributed by atoms with van der Waals surface area (Å²) in [7, 11) is 0. The van der Waals surface area contributed by atoms with Gasteiger partial charge in [-0.1, -0.05) is 11.6 Å². The summed E-state index contributed by atoms with van der Waals surface area (Å²) < 4.78 is 0. The van der Waals surface area contributed by atoms with Crippen LogP contribution in [-0.2, 0) is 4.79 Å². The van der Waals surface area contributed by atoms with E-state index >= 15 is 0 Å². The first-order chi connectivity index (χ1) is 5.24. The molecule has 0 spiro atoms. The Bertz CT molecular complexity index is 275. The lowest BCUT2D eigenvalue weighted by molar-refractivity contribution is -0.105. The zero-order valence-corrected chi connectivity index (χ0v) is 6.72. The Morgan fingerprint density at radius 2 is 2.45 bits per heavy atom. The van der Waals surface area contributed by atoms with Crippen LogP contribution in [0.25, 0.3) is 0 Å². The lowest BCUT2D eigenvalue weighted by Crippen LogP contribution is -1.98. The van der Waals surface area contributed by atoms with Crippen LogP contribution in [0.2, 0.25) is 5.02 Å². The van der Waals surface area contributed by atoms with Crippen molar-refractivity contribution in [1.82, 2.24) is 4.98 Å². The topological polar surface area (TPSA) is 42.0 Å². The second kappa shape index (κ2) is 3.34. The summed E-state index contributed by atoms with van der Waals surface area (Å²) in [4.78, 5) is 13.9. The molecular weight excluding hydrogens is 164 g/mol. The number of halogens is 1. The Kier molecular flexibility index (Phi) is 2.44. The number of anilines is 1. The van der Waals surface area contributed by atoms with E-state index in [9.17, 15) is 4.79 Å². The van der Waals surface area contributed by atoms with E-state index in [0.717, 1.165) is 5.56 Å². The van der Waals surface area contributed by atoms with Gasteiger partial charge < -0.3 is 5.32 Å². The third-order valence-corrected chi connectivity index (χ3v) is 1.45. The van der Waals surface area contributed by atoms with Gasteiger partial charge in [0.05, 0.1) is 5.02 Å². The summed E-state index contributed by atoms with van der Waals surface area (Å²) in [5.74, 6) is 0.546. The second-order valence-corrected chi connectivity index (χ2v) is 2.52. The molecule has 3 nitrogen and oxygen atoms in total. The third-order valence-electron chi connectivity index (χ3n) is 1.24. The minimum absolute atomic E-state index is 0.546. The van der Waals surface area contributed by atoms with Gasteiger partial charge in [-0.25, -0.2) is 4.98 Å². The normalized spacial score (nSPS) is 9.27. The maximum Gasteiger partial charge on any atom is 0.212 e. The van der Waals surface area contributed by atoms with Crippen LogP contribution in [0.5, 0.6) is 0 Å². The van der Waals surface area contributed by atoms with Crippen molar-refractivity contribution < 1.29 is 4.79 Å². The molecule has 58 valence electrons. The van der Waals surface area contributed by atoms with Gasteiger partial charge in [-0.2, -0.15) is 0 Å². The summed E-state index contributed by atoms with van der Waals surface area (Å²) in [6.45, 7) is 1.82. The van der Waals surface area contributed by atoms with E-state index in [2.05, 4.69) is 10.3 Å². The Labute approximate surface area is 69.4 Å². The van der Waals surface area contributed by atoms with Gasteiger partial charge in [-0.05, 0) is 18.6 Å². The number of hydrogen-bond acceptors (Lipinski definition) is 2. The summed E-state index contributed by atoms with van der Waals surface area (Å²) in [5, 5.41) is 3.02. The van der Waals surface area contributed by atoms with Gasteiger partial charge >= 0.3 is 0 Å². The predicted octanol–water partition coefficient (Wildman–Crippen LogP) is 1.61. The van der Waals surface area contributed by atoms with Gasteiger partial charge in [-0.3, -0.25) is 4.79 Å². The number of hydrogen-bond donors (Lipinski definition) is 1. The highest BCUT2D eigenvalue weighted by atomic mass is 35.5. The Hall–Kier alpha value is -1.09. The molecule has 0 saturated carbocycles. The molecule has 0 unspecified atom stereocenters. The summed E-state index contributed by atoms with van der Waals surface area (Å²) in [5.41, 5.74) is 0.851. The number of aryl methyl sites for hydroxylation is 1. The predicted molar refractivity (Wildman–Crippen MR) is 43.7 cm³/mol. The van der Waals surface area contributed by atoms with E-state index in [1.165, 1.54) is 6.20 Å². The first-order valence-electron chi connectivity index (χ1n) is 3.06. The first-order valence-corrected chi connectivity index (χ1v) is 3.44.